The SMILES string of the molecule is CCCNCc1ccncc1OC1CC(C)OC(C)C1. The van der Waals surface area contributed by atoms with E-state index in [9.17, 15) is 0 Å². The molecule has 1 aromatic rings. The lowest BCUT2D eigenvalue weighted by Gasteiger charge is -2.32. The first-order valence-corrected chi connectivity index (χ1v) is 7.64. The zero-order valence-corrected chi connectivity index (χ0v) is 12.8. The molecule has 1 aliphatic rings. The lowest BCUT2D eigenvalue weighted by atomic mass is 10.0. The number of hydrogen-bond acceptors (Lipinski definition) is 4. The van der Waals surface area contributed by atoms with Crippen molar-refractivity contribution in [2.45, 2.75) is 64.9 Å². The van der Waals surface area contributed by atoms with Crippen LogP contribution in [0.1, 0.15) is 45.6 Å². The van der Waals surface area contributed by atoms with Crippen molar-refractivity contribution in [3.05, 3.63) is 24.0 Å². The zero-order chi connectivity index (χ0) is 14.4. The maximum absolute atomic E-state index is 6.18. The van der Waals surface area contributed by atoms with Crippen molar-refractivity contribution >= 4 is 0 Å². The Morgan fingerprint density at radius 2 is 2.10 bits per heavy atom. The van der Waals surface area contributed by atoms with Crippen LogP contribution in [0.4, 0.5) is 0 Å². The smallest absolute Gasteiger partial charge is 0.142 e. The Hall–Kier alpha value is -1.13. The Kier molecular flexibility index (Phi) is 5.80. The van der Waals surface area contributed by atoms with Crippen molar-refractivity contribution in [3.8, 4) is 5.75 Å². The van der Waals surface area contributed by atoms with Gasteiger partial charge in [0, 0.05) is 31.1 Å². The van der Waals surface area contributed by atoms with E-state index in [-0.39, 0.29) is 18.3 Å². The van der Waals surface area contributed by atoms with E-state index in [1.807, 2.05) is 18.5 Å². The highest BCUT2D eigenvalue weighted by atomic mass is 16.5. The monoisotopic (exact) mass is 278 g/mol. The third-order valence-electron chi connectivity index (χ3n) is 3.56. The van der Waals surface area contributed by atoms with Crippen molar-refractivity contribution in [2.24, 2.45) is 0 Å². The number of ether oxygens (including phenoxy) is 2. The summed E-state index contributed by atoms with van der Waals surface area (Å²) in [5.41, 5.74) is 1.18. The van der Waals surface area contributed by atoms with E-state index in [4.69, 9.17) is 9.47 Å². The second kappa shape index (κ2) is 7.60. The minimum Gasteiger partial charge on any atom is -0.488 e. The summed E-state index contributed by atoms with van der Waals surface area (Å²) in [6.07, 6.45) is 7.43. The molecule has 0 radical (unpaired) electrons. The average molecular weight is 278 g/mol. The predicted octanol–water partition coefficient (Wildman–Crippen LogP) is 2.92. The summed E-state index contributed by atoms with van der Waals surface area (Å²) in [5.74, 6) is 0.905. The first-order chi connectivity index (χ1) is 9.69. The van der Waals surface area contributed by atoms with Gasteiger partial charge in [0.25, 0.3) is 0 Å². The van der Waals surface area contributed by atoms with E-state index in [2.05, 4.69) is 31.1 Å². The summed E-state index contributed by atoms with van der Waals surface area (Å²) in [6.45, 7) is 8.24. The highest BCUT2D eigenvalue weighted by Gasteiger charge is 2.26. The molecule has 20 heavy (non-hydrogen) atoms. The van der Waals surface area contributed by atoms with Crippen molar-refractivity contribution in [3.63, 3.8) is 0 Å². The van der Waals surface area contributed by atoms with Gasteiger partial charge in [-0.25, -0.2) is 0 Å². The molecule has 0 bridgehead atoms. The zero-order valence-electron chi connectivity index (χ0n) is 12.8. The van der Waals surface area contributed by atoms with E-state index in [1.54, 1.807) is 0 Å². The molecular formula is C16H26N2O2. The largest absolute Gasteiger partial charge is 0.488 e. The van der Waals surface area contributed by atoms with Crippen LogP contribution < -0.4 is 10.1 Å². The first-order valence-electron chi connectivity index (χ1n) is 7.64. The Labute approximate surface area is 121 Å². The fourth-order valence-corrected chi connectivity index (χ4v) is 2.68. The van der Waals surface area contributed by atoms with Crippen LogP contribution in [-0.4, -0.2) is 29.8 Å². The molecule has 0 spiro atoms. The maximum atomic E-state index is 6.18. The summed E-state index contributed by atoms with van der Waals surface area (Å²) in [4.78, 5) is 4.19. The minimum atomic E-state index is 0.225. The summed E-state index contributed by atoms with van der Waals surface area (Å²) >= 11 is 0. The van der Waals surface area contributed by atoms with Gasteiger partial charge in [0.05, 0.1) is 18.4 Å². The summed E-state index contributed by atoms with van der Waals surface area (Å²) < 4.78 is 11.9. The average Bonchev–Trinajstić information content (AvgIpc) is 2.40. The maximum Gasteiger partial charge on any atom is 0.142 e. The van der Waals surface area contributed by atoms with Crippen molar-refractivity contribution < 1.29 is 9.47 Å². The molecule has 1 saturated heterocycles. The van der Waals surface area contributed by atoms with Gasteiger partial charge < -0.3 is 14.8 Å². The third-order valence-corrected chi connectivity index (χ3v) is 3.56. The molecule has 1 fully saturated rings. The molecule has 112 valence electrons. The molecule has 2 rings (SSSR count). The second-order valence-corrected chi connectivity index (χ2v) is 5.63. The van der Waals surface area contributed by atoms with Crippen LogP contribution in [0.25, 0.3) is 0 Å². The first kappa shape index (κ1) is 15.3. The van der Waals surface area contributed by atoms with Gasteiger partial charge in [-0.2, -0.15) is 0 Å². The fourth-order valence-electron chi connectivity index (χ4n) is 2.68. The summed E-state index contributed by atoms with van der Waals surface area (Å²) in [7, 11) is 0. The number of rotatable bonds is 6. The molecular weight excluding hydrogens is 252 g/mol. The van der Waals surface area contributed by atoms with Gasteiger partial charge in [-0.05, 0) is 32.9 Å². The second-order valence-electron chi connectivity index (χ2n) is 5.63. The molecule has 2 heterocycles. The Morgan fingerprint density at radius 1 is 1.35 bits per heavy atom. The molecule has 0 amide bonds. The third kappa shape index (κ3) is 4.46. The van der Waals surface area contributed by atoms with Crippen molar-refractivity contribution in [1.82, 2.24) is 10.3 Å². The molecule has 1 aromatic heterocycles. The predicted molar refractivity (Wildman–Crippen MR) is 79.9 cm³/mol. The van der Waals surface area contributed by atoms with Gasteiger partial charge in [-0.3, -0.25) is 4.98 Å². The fraction of sp³-hybridized carbons (Fsp3) is 0.688. The van der Waals surface area contributed by atoms with E-state index in [0.717, 1.165) is 38.1 Å². The molecule has 0 saturated carbocycles. The summed E-state index contributed by atoms with van der Waals surface area (Å²) in [5, 5.41) is 3.41. The van der Waals surface area contributed by atoms with Gasteiger partial charge in [-0.15, -0.1) is 0 Å². The lowest BCUT2D eigenvalue weighted by Crippen LogP contribution is -2.36. The van der Waals surface area contributed by atoms with Gasteiger partial charge >= 0.3 is 0 Å². The van der Waals surface area contributed by atoms with Crippen LogP contribution in [0.15, 0.2) is 18.5 Å². The number of nitrogens with zero attached hydrogens (tertiary/aromatic N) is 1. The van der Waals surface area contributed by atoms with Crippen molar-refractivity contribution in [1.29, 1.82) is 0 Å². The normalized spacial score (nSPS) is 26.4. The van der Waals surface area contributed by atoms with Crippen molar-refractivity contribution in [2.75, 3.05) is 6.54 Å². The number of pyridine rings is 1. The van der Waals surface area contributed by atoms with Gasteiger partial charge in [-0.1, -0.05) is 6.92 Å². The van der Waals surface area contributed by atoms with Gasteiger partial charge in [0.1, 0.15) is 11.9 Å². The molecule has 4 nitrogen and oxygen atoms in total. The molecule has 1 aliphatic heterocycles. The van der Waals surface area contributed by atoms with Crippen LogP contribution in [-0.2, 0) is 11.3 Å². The minimum absolute atomic E-state index is 0.225. The van der Waals surface area contributed by atoms with Gasteiger partial charge in [0.15, 0.2) is 0 Å². The molecule has 0 aromatic carbocycles. The number of aromatic nitrogens is 1. The van der Waals surface area contributed by atoms with E-state index >= 15 is 0 Å². The van der Waals surface area contributed by atoms with E-state index in [1.165, 1.54) is 5.56 Å². The quantitative estimate of drug-likeness (QED) is 0.813. The molecule has 2 unspecified atom stereocenters. The summed E-state index contributed by atoms with van der Waals surface area (Å²) in [6, 6.07) is 2.03. The standard InChI is InChI=1S/C16H26N2O2/c1-4-6-17-10-14-5-7-18-11-16(14)20-15-8-12(2)19-13(3)9-15/h5,7,11-13,15,17H,4,6,8-10H2,1-3H3. The Balaban J connectivity index is 1.97. The highest BCUT2D eigenvalue weighted by molar-refractivity contribution is 5.30. The van der Waals surface area contributed by atoms with Crippen LogP contribution >= 0.6 is 0 Å². The van der Waals surface area contributed by atoms with Crippen LogP contribution in [0.5, 0.6) is 5.75 Å². The molecule has 2 atom stereocenters. The van der Waals surface area contributed by atoms with Gasteiger partial charge in [0.2, 0.25) is 0 Å². The Bertz CT molecular complexity index is 401. The lowest BCUT2D eigenvalue weighted by molar-refractivity contribution is -0.0723. The van der Waals surface area contributed by atoms with Crippen LogP contribution in [0.3, 0.4) is 0 Å². The highest BCUT2D eigenvalue weighted by Crippen LogP contribution is 2.25. The van der Waals surface area contributed by atoms with E-state index in [0.29, 0.717) is 0 Å². The topological polar surface area (TPSA) is 43.4 Å². The molecule has 1 N–H and O–H groups in total. The number of hydrogen-bond donors (Lipinski definition) is 1. The van der Waals surface area contributed by atoms with Crippen LogP contribution in [0, 0.1) is 0 Å². The molecule has 0 aliphatic carbocycles. The molecule has 4 heteroatoms. The van der Waals surface area contributed by atoms with Crippen LogP contribution in [0.2, 0.25) is 0 Å². The Morgan fingerprint density at radius 3 is 2.80 bits per heavy atom. The van der Waals surface area contributed by atoms with E-state index < -0.39 is 0 Å². The number of nitrogens with one attached hydrogen (secondary N) is 1.